The zero-order valence-electron chi connectivity index (χ0n) is 13.8. The van der Waals surface area contributed by atoms with Crippen LogP contribution in [0.1, 0.15) is 5.56 Å². The minimum absolute atomic E-state index is 0.0837. The Labute approximate surface area is 169 Å². The van der Waals surface area contributed by atoms with Crippen molar-refractivity contribution in [2.24, 2.45) is 0 Å². The Bertz CT molecular complexity index is 1060. The molecule has 0 aliphatic heterocycles. The van der Waals surface area contributed by atoms with Gasteiger partial charge in [-0.05, 0) is 48.0 Å². The first-order valence-electron chi connectivity index (χ1n) is 7.69. The number of halogens is 1. The van der Waals surface area contributed by atoms with Gasteiger partial charge in [-0.1, -0.05) is 28.1 Å². The highest BCUT2D eigenvalue weighted by atomic mass is 79.9. The smallest absolute Gasteiger partial charge is 0.263 e. The Kier molecular flexibility index (Phi) is 6.04. The van der Waals surface area contributed by atoms with Crippen LogP contribution in [0, 0.1) is 0 Å². The fourth-order valence-corrected chi connectivity index (χ4v) is 4.34. The number of aromatic nitrogens is 1. The van der Waals surface area contributed by atoms with E-state index in [1.165, 1.54) is 47.9 Å². The number of thiazole rings is 1. The molecular formula is C18H14BrN3O3S2. The second kappa shape index (κ2) is 8.47. The summed E-state index contributed by atoms with van der Waals surface area (Å²) >= 11 is 4.56. The molecule has 1 heterocycles. The highest BCUT2D eigenvalue weighted by Gasteiger charge is 2.15. The first kappa shape index (κ1) is 19.3. The van der Waals surface area contributed by atoms with Gasteiger partial charge in [-0.15, -0.1) is 11.3 Å². The van der Waals surface area contributed by atoms with Crippen molar-refractivity contribution in [2.45, 2.75) is 4.90 Å². The van der Waals surface area contributed by atoms with Crippen LogP contribution < -0.4 is 10.0 Å². The topological polar surface area (TPSA) is 88.2 Å². The number of anilines is 2. The molecule has 0 aliphatic carbocycles. The van der Waals surface area contributed by atoms with Crippen LogP contribution in [0.25, 0.3) is 6.08 Å². The summed E-state index contributed by atoms with van der Waals surface area (Å²) in [6, 6.07) is 13.4. The number of benzene rings is 2. The monoisotopic (exact) mass is 463 g/mol. The lowest BCUT2D eigenvalue weighted by atomic mass is 10.2. The summed E-state index contributed by atoms with van der Waals surface area (Å²) in [5.41, 5.74) is 1.38. The third-order valence-electron chi connectivity index (χ3n) is 3.36. The molecule has 0 saturated carbocycles. The number of carbonyl (C=O) groups excluding carboxylic acids is 1. The number of carbonyl (C=O) groups is 1. The molecule has 27 heavy (non-hydrogen) atoms. The Morgan fingerprint density at radius 2 is 1.93 bits per heavy atom. The highest BCUT2D eigenvalue weighted by molar-refractivity contribution is 9.10. The number of hydrogen-bond donors (Lipinski definition) is 2. The van der Waals surface area contributed by atoms with E-state index in [-0.39, 0.29) is 10.8 Å². The molecule has 0 bridgehead atoms. The fourth-order valence-electron chi connectivity index (χ4n) is 2.13. The van der Waals surface area contributed by atoms with Gasteiger partial charge < -0.3 is 5.32 Å². The lowest BCUT2D eigenvalue weighted by molar-refractivity contribution is -0.111. The van der Waals surface area contributed by atoms with Crippen molar-refractivity contribution >= 4 is 60.1 Å². The zero-order valence-corrected chi connectivity index (χ0v) is 17.0. The number of amides is 1. The molecule has 0 atom stereocenters. The van der Waals surface area contributed by atoms with Crippen LogP contribution in [0.4, 0.5) is 10.8 Å². The minimum Gasteiger partial charge on any atom is -0.323 e. The van der Waals surface area contributed by atoms with E-state index in [0.29, 0.717) is 10.8 Å². The minimum atomic E-state index is -3.71. The Balaban J connectivity index is 1.64. The summed E-state index contributed by atoms with van der Waals surface area (Å²) in [5.74, 6) is -0.313. The van der Waals surface area contributed by atoms with Gasteiger partial charge in [0.15, 0.2) is 5.13 Å². The van der Waals surface area contributed by atoms with Gasteiger partial charge in [0.25, 0.3) is 10.0 Å². The van der Waals surface area contributed by atoms with Crippen molar-refractivity contribution < 1.29 is 13.2 Å². The predicted octanol–water partition coefficient (Wildman–Crippen LogP) is 4.36. The summed E-state index contributed by atoms with van der Waals surface area (Å²) in [7, 11) is -3.71. The molecule has 9 heteroatoms. The number of nitrogens with one attached hydrogen (secondary N) is 2. The van der Waals surface area contributed by atoms with Crippen LogP contribution in [0.3, 0.4) is 0 Å². The number of nitrogens with zero attached hydrogens (tertiary/aromatic N) is 1. The van der Waals surface area contributed by atoms with E-state index < -0.39 is 10.0 Å². The van der Waals surface area contributed by atoms with Gasteiger partial charge in [0, 0.05) is 27.8 Å². The summed E-state index contributed by atoms with van der Waals surface area (Å²) in [6.45, 7) is 0. The average molecular weight is 464 g/mol. The third-order valence-corrected chi connectivity index (χ3v) is 6.03. The molecule has 138 valence electrons. The Morgan fingerprint density at radius 3 is 2.59 bits per heavy atom. The van der Waals surface area contributed by atoms with Crippen molar-refractivity contribution in [2.75, 3.05) is 10.0 Å². The van der Waals surface area contributed by atoms with Crippen LogP contribution in [0.2, 0.25) is 0 Å². The highest BCUT2D eigenvalue weighted by Crippen LogP contribution is 2.19. The van der Waals surface area contributed by atoms with Gasteiger partial charge in [0.2, 0.25) is 5.91 Å². The standard InChI is InChI=1S/C18H14BrN3O3S2/c19-14-3-1-2-13(12-14)4-9-17(23)21-15-5-7-16(8-6-15)27(24,25)22-18-20-10-11-26-18/h1-12H,(H,20,22)(H,21,23)/b9-4+. The molecule has 0 fully saturated rings. The molecule has 3 rings (SSSR count). The van der Waals surface area contributed by atoms with Gasteiger partial charge in [-0.25, -0.2) is 13.4 Å². The van der Waals surface area contributed by atoms with Crippen LogP contribution >= 0.6 is 27.3 Å². The molecule has 0 saturated heterocycles. The van der Waals surface area contributed by atoms with E-state index in [9.17, 15) is 13.2 Å². The Morgan fingerprint density at radius 1 is 1.15 bits per heavy atom. The maximum Gasteiger partial charge on any atom is 0.263 e. The van der Waals surface area contributed by atoms with Crippen molar-refractivity contribution in [3.05, 3.63) is 76.2 Å². The van der Waals surface area contributed by atoms with Gasteiger partial charge in [-0.3, -0.25) is 9.52 Å². The number of sulfonamides is 1. The van der Waals surface area contributed by atoms with Gasteiger partial charge in [0.05, 0.1) is 4.90 Å². The maximum atomic E-state index is 12.3. The van der Waals surface area contributed by atoms with Gasteiger partial charge in [-0.2, -0.15) is 0 Å². The second-order valence-electron chi connectivity index (χ2n) is 5.34. The van der Waals surface area contributed by atoms with Crippen LogP contribution in [0.5, 0.6) is 0 Å². The van der Waals surface area contributed by atoms with Crippen molar-refractivity contribution in [3.8, 4) is 0 Å². The molecule has 1 amide bonds. The molecule has 2 N–H and O–H groups in total. The van der Waals surface area contributed by atoms with E-state index >= 15 is 0 Å². The third kappa shape index (κ3) is 5.49. The zero-order chi connectivity index (χ0) is 19.3. The van der Waals surface area contributed by atoms with Crippen molar-refractivity contribution in [3.63, 3.8) is 0 Å². The number of rotatable bonds is 6. The van der Waals surface area contributed by atoms with Gasteiger partial charge in [0.1, 0.15) is 0 Å². The number of hydrogen-bond acceptors (Lipinski definition) is 5. The van der Waals surface area contributed by atoms with Crippen molar-refractivity contribution in [1.29, 1.82) is 0 Å². The largest absolute Gasteiger partial charge is 0.323 e. The lowest BCUT2D eigenvalue weighted by Crippen LogP contribution is -2.13. The molecule has 0 radical (unpaired) electrons. The van der Waals surface area contributed by atoms with E-state index in [0.717, 1.165) is 10.0 Å². The first-order chi connectivity index (χ1) is 12.9. The summed E-state index contributed by atoms with van der Waals surface area (Å²) in [6.07, 6.45) is 4.62. The van der Waals surface area contributed by atoms with Crippen LogP contribution in [-0.2, 0) is 14.8 Å². The molecule has 0 unspecified atom stereocenters. The average Bonchev–Trinajstić information content (AvgIpc) is 3.13. The molecule has 1 aromatic heterocycles. The fraction of sp³-hybridized carbons (Fsp3) is 0. The maximum absolute atomic E-state index is 12.3. The molecule has 0 spiro atoms. The lowest BCUT2D eigenvalue weighted by Gasteiger charge is -2.07. The van der Waals surface area contributed by atoms with Crippen LogP contribution in [0.15, 0.2) is 75.6 Å². The first-order valence-corrected chi connectivity index (χ1v) is 10.8. The van der Waals surface area contributed by atoms with E-state index in [1.54, 1.807) is 11.5 Å². The molecule has 0 aliphatic rings. The Hall–Kier alpha value is -2.49. The predicted molar refractivity (Wildman–Crippen MR) is 111 cm³/mol. The second-order valence-corrected chi connectivity index (χ2v) is 8.84. The summed E-state index contributed by atoms with van der Waals surface area (Å²) in [4.78, 5) is 16.0. The SMILES string of the molecule is O=C(/C=C/c1cccc(Br)c1)Nc1ccc(S(=O)(=O)Nc2nccs2)cc1. The molecule has 3 aromatic rings. The van der Waals surface area contributed by atoms with Gasteiger partial charge >= 0.3 is 0 Å². The molecular weight excluding hydrogens is 450 g/mol. The summed E-state index contributed by atoms with van der Waals surface area (Å²) in [5, 5.41) is 4.66. The normalized spacial score (nSPS) is 11.4. The van der Waals surface area contributed by atoms with E-state index in [2.05, 4.69) is 31.0 Å². The molecule has 2 aromatic carbocycles. The summed E-state index contributed by atoms with van der Waals surface area (Å²) < 4.78 is 27.9. The van der Waals surface area contributed by atoms with E-state index in [1.807, 2.05) is 24.3 Å². The quantitative estimate of drug-likeness (QED) is 0.531. The van der Waals surface area contributed by atoms with Crippen LogP contribution in [-0.4, -0.2) is 19.3 Å². The molecule has 6 nitrogen and oxygen atoms in total. The van der Waals surface area contributed by atoms with E-state index in [4.69, 9.17) is 0 Å². The van der Waals surface area contributed by atoms with Crippen molar-refractivity contribution in [1.82, 2.24) is 4.98 Å².